The Kier molecular flexibility index (Phi) is 5.95. The van der Waals surface area contributed by atoms with E-state index in [-0.39, 0.29) is 5.57 Å². The highest BCUT2D eigenvalue weighted by Crippen LogP contribution is 2.29. The standard InChI is InChI=1S/C21H19N3/c1-3-17-9-7-8-12-19(17)20(13-16(14-22)15-23)21(24-2)18-10-5-4-6-11-18/h4-13,24H,3H2,1-2H3/b21-20-. The first kappa shape index (κ1) is 17.1. The lowest BCUT2D eigenvalue weighted by molar-refractivity contribution is 1.11. The number of allylic oxidation sites excluding steroid dienone is 3. The third-order valence-electron chi connectivity index (χ3n) is 3.80. The van der Waals surface area contributed by atoms with Gasteiger partial charge in [0.05, 0.1) is 0 Å². The second-order valence-electron chi connectivity index (χ2n) is 5.20. The van der Waals surface area contributed by atoms with Gasteiger partial charge in [0.1, 0.15) is 17.7 Å². The van der Waals surface area contributed by atoms with E-state index in [4.69, 9.17) is 0 Å². The van der Waals surface area contributed by atoms with E-state index in [1.807, 2.05) is 67.7 Å². The van der Waals surface area contributed by atoms with Crippen molar-refractivity contribution in [3.63, 3.8) is 0 Å². The van der Waals surface area contributed by atoms with Gasteiger partial charge in [0.2, 0.25) is 0 Å². The van der Waals surface area contributed by atoms with Gasteiger partial charge in [-0.2, -0.15) is 10.5 Å². The van der Waals surface area contributed by atoms with Crippen molar-refractivity contribution >= 4 is 11.3 Å². The van der Waals surface area contributed by atoms with Crippen molar-refractivity contribution in [2.24, 2.45) is 0 Å². The summed E-state index contributed by atoms with van der Waals surface area (Å²) in [6, 6.07) is 21.9. The molecule has 0 aliphatic carbocycles. The van der Waals surface area contributed by atoms with Crippen LogP contribution in [0.1, 0.15) is 23.6 Å². The average molecular weight is 313 g/mol. The molecule has 0 saturated carbocycles. The largest absolute Gasteiger partial charge is 0.387 e. The molecule has 0 aliphatic heterocycles. The Labute approximate surface area is 143 Å². The molecule has 3 heteroatoms. The van der Waals surface area contributed by atoms with Crippen LogP contribution in [0.4, 0.5) is 0 Å². The summed E-state index contributed by atoms with van der Waals surface area (Å²) in [6.07, 6.45) is 2.53. The van der Waals surface area contributed by atoms with Crippen LogP contribution in [0.3, 0.4) is 0 Å². The second-order valence-corrected chi connectivity index (χ2v) is 5.20. The van der Waals surface area contributed by atoms with E-state index in [2.05, 4.69) is 18.3 Å². The van der Waals surface area contributed by atoms with E-state index >= 15 is 0 Å². The maximum atomic E-state index is 9.19. The molecular weight excluding hydrogens is 294 g/mol. The molecule has 0 aromatic heterocycles. The third-order valence-corrected chi connectivity index (χ3v) is 3.80. The van der Waals surface area contributed by atoms with Crippen molar-refractivity contribution in [3.8, 4) is 12.1 Å². The zero-order chi connectivity index (χ0) is 17.4. The minimum Gasteiger partial charge on any atom is -0.387 e. The molecule has 0 spiro atoms. The van der Waals surface area contributed by atoms with Crippen LogP contribution in [0.5, 0.6) is 0 Å². The Hall–Kier alpha value is -3.30. The summed E-state index contributed by atoms with van der Waals surface area (Å²) in [6.45, 7) is 2.09. The predicted molar refractivity (Wildman–Crippen MR) is 97.4 cm³/mol. The Morgan fingerprint density at radius 2 is 1.62 bits per heavy atom. The number of hydrogen-bond donors (Lipinski definition) is 1. The summed E-state index contributed by atoms with van der Waals surface area (Å²) < 4.78 is 0. The second kappa shape index (κ2) is 8.36. The van der Waals surface area contributed by atoms with Gasteiger partial charge in [-0.1, -0.05) is 61.5 Å². The summed E-state index contributed by atoms with van der Waals surface area (Å²) in [5.74, 6) is 0. The summed E-state index contributed by atoms with van der Waals surface area (Å²) in [5, 5.41) is 21.6. The number of nitrogens with zero attached hydrogens (tertiary/aromatic N) is 2. The number of rotatable bonds is 5. The molecule has 0 atom stereocenters. The van der Waals surface area contributed by atoms with Crippen LogP contribution in [0.15, 0.2) is 66.2 Å². The van der Waals surface area contributed by atoms with Gasteiger partial charge in [-0.05, 0) is 29.2 Å². The highest BCUT2D eigenvalue weighted by atomic mass is 14.8. The maximum absolute atomic E-state index is 9.19. The van der Waals surface area contributed by atoms with E-state index in [0.717, 1.165) is 28.8 Å². The predicted octanol–water partition coefficient (Wildman–Crippen LogP) is 4.31. The molecule has 2 aromatic carbocycles. The van der Waals surface area contributed by atoms with Crippen LogP contribution in [0, 0.1) is 22.7 Å². The van der Waals surface area contributed by atoms with Gasteiger partial charge < -0.3 is 5.32 Å². The lowest BCUT2D eigenvalue weighted by Gasteiger charge is -2.16. The topological polar surface area (TPSA) is 59.6 Å². The van der Waals surface area contributed by atoms with Gasteiger partial charge >= 0.3 is 0 Å². The third kappa shape index (κ3) is 3.72. The van der Waals surface area contributed by atoms with E-state index < -0.39 is 0 Å². The summed E-state index contributed by atoms with van der Waals surface area (Å²) >= 11 is 0. The van der Waals surface area contributed by atoms with Crippen molar-refractivity contribution in [2.45, 2.75) is 13.3 Å². The Morgan fingerprint density at radius 1 is 1.00 bits per heavy atom. The van der Waals surface area contributed by atoms with E-state index in [1.54, 1.807) is 6.08 Å². The van der Waals surface area contributed by atoms with Crippen LogP contribution < -0.4 is 5.32 Å². The molecule has 0 fully saturated rings. The molecule has 2 rings (SSSR count). The molecule has 0 amide bonds. The van der Waals surface area contributed by atoms with Crippen LogP contribution in [-0.2, 0) is 6.42 Å². The van der Waals surface area contributed by atoms with Crippen LogP contribution in [0.25, 0.3) is 11.3 Å². The molecule has 0 radical (unpaired) electrons. The number of nitriles is 2. The van der Waals surface area contributed by atoms with Crippen LogP contribution >= 0.6 is 0 Å². The summed E-state index contributed by atoms with van der Waals surface area (Å²) in [4.78, 5) is 0. The number of nitrogens with one attached hydrogen (secondary N) is 1. The molecule has 0 saturated heterocycles. The minimum atomic E-state index is 0.0830. The maximum Gasteiger partial charge on any atom is 0.130 e. The molecule has 0 unspecified atom stereocenters. The Morgan fingerprint density at radius 3 is 2.21 bits per heavy atom. The van der Waals surface area contributed by atoms with Crippen molar-refractivity contribution in [3.05, 3.63) is 82.9 Å². The van der Waals surface area contributed by atoms with Crippen molar-refractivity contribution in [2.75, 3.05) is 7.05 Å². The molecule has 118 valence electrons. The Bertz CT molecular complexity index is 831. The van der Waals surface area contributed by atoms with Gasteiger partial charge in [0, 0.05) is 18.3 Å². The van der Waals surface area contributed by atoms with Gasteiger partial charge in [-0.25, -0.2) is 0 Å². The van der Waals surface area contributed by atoms with Crippen molar-refractivity contribution in [1.29, 1.82) is 10.5 Å². The van der Waals surface area contributed by atoms with Crippen LogP contribution in [0.2, 0.25) is 0 Å². The zero-order valence-electron chi connectivity index (χ0n) is 13.9. The number of benzene rings is 2. The van der Waals surface area contributed by atoms with Crippen LogP contribution in [-0.4, -0.2) is 7.05 Å². The fourth-order valence-corrected chi connectivity index (χ4v) is 2.65. The highest BCUT2D eigenvalue weighted by molar-refractivity contribution is 5.96. The minimum absolute atomic E-state index is 0.0830. The monoisotopic (exact) mass is 313 g/mol. The normalized spacial score (nSPS) is 10.8. The molecule has 3 nitrogen and oxygen atoms in total. The molecule has 0 aliphatic rings. The molecule has 0 heterocycles. The van der Waals surface area contributed by atoms with Crippen molar-refractivity contribution < 1.29 is 0 Å². The quantitative estimate of drug-likeness (QED) is 0.508. The van der Waals surface area contributed by atoms with E-state index in [1.165, 1.54) is 5.56 Å². The van der Waals surface area contributed by atoms with Gasteiger partial charge in [-0.15, -0.1) is 0 Å². The molecule has 2 aromatic rings. The van der Waals surface area contributed by atoms with Crippen molar-refractivity contribution in [1.82, 2.24) is 5.32 Å². The average Bonchev–Trinajstić information content (AvgIpc) is 2.66. The van der Waals surface area contributed by atoms with E-state index in [0.29, 0.717) is 0 Å². The van der Waals surface area contributed by atoms with Gasteiger partial charge in [0.15, 0.2) is 0 Å². The first-order valence-corrected chi connectivity index (χ1v) is 7.82. The number of hydrogen-bond acceptors (Lipinski definition) is 3. The zero-order valence-corrected chi connectivity index (χ0v) is 13.9. The Balaban J connectivity index is 2.81. The first-order chi connectivity index (χ1) is 11.7. The summed E-state index contributed by atoms with van der Waals surface area (Å²) in [7, 11) is 1.85. The molecule has 0 bridgehead atoms. The summed E-state index contributed by atoms with van der Waals surface area (Å²) in [5.41, 5.74) is 5.02. The SMILES string of the molecule is CCc1ccccc1/C(C=C(C#N)C#N)=C(\NC)c1ccccc1. The highest BCUT2D eigenvalue weighted by Gasteiger charge is 2.12. The molecule has 1 N–H and O–H groups in total. The molecule has 24 heavy (non-hydrogen) atoms. The lowest BCUT2D eigenvalue weighted by Crippen LogP contribution is -2.08. The van der Waals surface area contributed by atoms with E-state index in [9.17, 15) is 10.5 Å². The fourth-order valence-electron chi connectivity index (χ4n) is 2.65. The first-order valence-electron chi connectivity index (χ1n) is 7.82. The van der Waals surface area contributed by atoms with Gasteiger partial charge in [0.25, 0.3) is 0 Å². The number of aryl methyl sites for hydroxylation is 1. The van der Waals surface area contributed by atoms with Gasteiger partial charge in [-0.3, -0.25) is 0 Å². The molecular formula is C21H19N3. The smallest absolute Gasteiger partial charge is 0.130 e. The fraction of sp³-hybridized carbons (Fsp3) is 0.143. The lowest BCUT2D eigenvalue weighted by atomic mass is 9.93.